The van der Waals surface area contributed by atoms with Crippen LogP contribution in [-0.4, -0.2) is 32.8 Å². The third-order valence-electron chi connectivity index (χ3n) is 5.30. The largest absolute Gasteiger partial charge is 0.507 e. The summed E-state index contributed by atoms with van der Waals surface area (Å²) in [5, 5.41) is 11.2. The molecule has 3 aromatic rings. The number of rotatable bonds is 6. The molecule has 1 aromatic heterocycles. The number of ketones is 1. The summed E-state index contributed by atoms with van der Waals surface area (Å²) in [6.07, 6.45) is 3.32. The molecular formula is C26H23BrN2O4. The van der Waals surface area contributed by atoms with Crippen LogP contribution in [0.25, 0.3) is 5.76 Å². The quantitative estimate of drug-likeness (QED) is 0.280. The van der Waals surface area contributed by atoms with Crippen LogP contribution in [0.15, 0.2) is 83.1 Å². The fourth-order valence-corrected chi connectivity index (χ4v) is 4.11. The van der Waals surface area contributed by atoms with Crippen molar-refractivity contribution < 1.29 is 19.4 Å². The van der Waals surface area contributed by atoms with Crippen LogP contribution in [0.3, 0.4) is 0 Å². The van der Waals surface area contributed by atoms with Gasteiger partial charge in [-0.15, -0.1) is 0 Å². The van der Waals surface area contributed by atoms with Gasteiger partial charge in [0.1, 0.15) is 11.5 Å². The number of carbonyl (C=O) groups is 2. The maximum Gasteiger partial charge on any atom is 0.295 e. The number of aromatic nitrogens is 1. The Bertz CT molecular complexity index is 1190. The van der Waals surface area contributed by atoms with Gasteiger partial charge in [0.05, 0.1) is 17.7 Å². The van der Waals surface area contributed by atoms with Gasteiger partial charge in [0, 0.05) is 29.0 Å². The molecule has 2 heterocycles. The highest BCUT2D eigenvalue weighted by Gasteiger charge is 2.46. The van der Waals surface area contributed by atoms with Crippen LogP contribution in [0.4, 0.5) is 0 Å². The fourth-order valence-electron chi connectivity index (χ4n) is 3.84. The van der Waals surface area contributed by atoms with E-state index in [0.29, 0.717) is 11.3 Å². The molecule has 7 heteroatoms. The predicted octanol–water partition coefficient (Wildman–Crippen LogP) is 5.25. The average molecular weight is 507 g/mol. The molecule has 4 rings (SSSR count). The van der Waals surface area contributed by atoms with E-state index in [2.05, 4.69) is 20.9 Å². The minimum absolute atomic E-state index is 0.0136. The second-order valence-corrected chi connectivity index (χ2v) is 8.95. The molecule has 1 amide bonds. The third kappa shape index (κ3) is 4.83. The Morgan fingerprint density at radius 2 is 1.79 bits per heavy atom. The molecule has 1 atom stereocenters. The lowest BCUT2D eigenvalue weighted by molar-refractivity contribution is -0.140. The number of hydrogen-bond acceptors (Lipinski definition) is 5. The van der Waals surface area contributed by atoms with E-state index in [1.165, 1.54) is 4.90 Å². The van der Waals surface area contributed by atoms with Crippen molar-refractivity contribution >= 4 is 33.4 Å². The lowest BCUT2D eigenvalue weighted by Crippen LogP contribution is -2.29. The maximum atomic E-state index is 13.1. The van der Waals surface area contributed by atoms with E-state index in [9.17, 15) is 14.7 Å². The highest BCUT2D eigenvalue weighted by molar-refractivity contribution is 9.10. The second kappa shape index (κ2) is 9.58. The number of ether oxygens (including phenoxy) is 1. The summed E-state index contributed by atoms with van der Waals surface area (Å²) >= 11 is 3.42. The summed E-state index contributed by atoms with van der Waals surface area (Å²) < 4.78 is 6.53. The number of likely N-dealkylation sites (tertiary alicyclic amines) is 1. The van der Waals surface area contributed by atoms with Gasteiger partial charge in [-0.2, -0.15) is 0 Å². The summed E-state index contributed by atoms with van der Waals surface area (Å²) in [6.45, 7) is 4.04. The number of carbonyl (C=O) groups excluding carboxylic acids is 2. The number of amides is 1. The van der Waals surface area contributed by atoms with E-state index in [1.807, 2.05) is 44.2 Å². The van der Waals surface area contributed by atoms with Gasteiger partial charge in [0.15, 0.2) is 0 Å². The first-order chi connectivity index (χ1) is 15.8. The lowest BCUT2D eigenvalue weighted by atomic mass is 9.95. The summed E-state index contributed by atoms with van der Waals surface area (Å²) in [5.74, 6) is -0.936. The molecule has 1 unspecified atom stereocenters. The molecule has 0 radical (unpaired) electrons. The molecule has 33 heavy (non-hydrogen) atoms. The van der Waals surface area contributed by atoms with Crippen molar-refractivity contribution in [3.63, 3.8) is 0 Å². The van der Waals surface area contributed by atoms with Gasteiger partial charge in [0.25, 0.3) is 11.7 Å². The van der Waals surface area contributed by atoms with E-state index in [1.54, 1.807) is 42.7 Å². The summed E-state index contributed by atoms with van der Waals surface area (Å²) in [6, 6.07) is 17.1. The minimum Gasteiger partial charge on any atom is -0.507 e. The van der Waals surface area contributed by atoms with Gasteiger partial charge in [-0.1, -0.05) is 34.1 Å². The number of aliphatic hydroxyl groups is 1. The molecule has 0 aliphatic carbocycles. The van der Waals surface area contributed by atoms with Crippen LogP contribution in [0.5, 0.6) is 5.75 Å². The van der Waals surface area contributed by atoms with Crippen molar-refractivity contribution in [1.29, 1.82) is 0 Å². The Kier molecular flexibility index (Phi) is 6.60. The molecule has 0 spiro atoms. The van der Waals surface area contributed by atoms with Gasteiger partial charge in [0.2, 0.25) is 0 Å². The van der Waals surface area contributed by atoms with Crippen molar-refractivity contribution in [2.24, 2.45) is 0 Å². The highest BCUT2D eigenvalue weighted by atomic mass is 79.9. The first kappa shape index (κ1) is 22.7. The Morgan fingerprint density at radius 1 is 1.09 bits per heavy atom. The number of pyridine rings is 1. The molecule has 1 N–H and O–H groups in total. The van der Waals surface area contributed by atoms with Crippen LogP contribution in [0.2, 0.25) is 0 Å². The van der Waals surface area contributed by atoms with E-state index >= 15 is 0 Å². The molecule has 1 fully saturated rings. The SMILES string of the molecule is CC(C)Oc1ccc(/C(O)=C2/C(=O)C(=O)N(Cc3cccnc3)C2c2ccc(Br)cc2)cc1. The van der Waals surface area contributed by atoms with Crippen LogP contribution in [-0.2, 0) is 16.1 Å². The Morgan fingerprint density at radius 3 is 2.39 bits per heavy atom. The molecule has 6 nitrogen and oxygen atoms in total. The van der Waals surface area contributed by atoms with Crippen molar-refractivity contribution in [2.45, 2.75) is 32.5 Å². The predicted molar refractivity (Wildman–Crippen MR) is 128 cm³/mol. The second-order valence-electron chi connectivity index (χ2n) is 8.03. The Hall–Kier alpha value is -3.45. The van der Waals surface area contributed by atoms with E-state index in [0.717, 1.165) is 15.6 Å². The lowest BCUT2D eigenvalue weighted by Gasteiger charge is -2.25. The van der Waals surface area contributed by atoms with E-state index < -0.39 is 17.7 Å². The number of nitrogens with zero attached hydrogens (tertiary/aromatic N) is 2. The van der Waals surface area contributed by atoms with Crippen LogP contribution in [0, 0.1) is 0 Å². The van der Waals surface area contributed by atoms with Gasteiger partial charge in [-0.3, -0.25) is 14.6 Å². The molecule has 1 saturated heterocycles. The standard InChI is InChI=1S/C26H23BrN2O4/c1-16(2)33-21-11-7-19(8-12-21)24(30)22-23(18-5-9-20(27)10-6-18)29(26(32)25(22)31)15-17-4-3-13-28-14-17/h3-14,16,23,30H,15H2,1-2H3/b24-22-. The zero-order valence-corrected chi connectivity index (χ0v) is 19.8. The zero-order chi connectivity index (χ0) is 23.5. The topological polar surface area (TPSA) is 79.7 Å². The first-order valence-corrected chi connectivity index (χ1v) is 11.3. The molecule has 168 valence electrons. The molecular weight excluding hydrogens is 484 g/mol. The van der Waals surface area contributed by atoms with Crippen LogP contribution >= 0.6 is 15.9 Å². The van der Waals surface area contributed by atoms with Gasteiger partial charge in [-0.05, 0) is 67.4 Å². The molecule has 1 aliphatic rings. The third-order valence-corrected chi connectivity index (χ3v) is 5.83. The van der Waals surface area contributed by atoms with Gasteiger partial charge < -0.3 is 14.7 Å². The Labute approximate surface area is 200 Å². The smallest absolute Gasteiger partial charge is 0.295 e. The van der Waals surface area contributed by atoms with Gasteiger partial charge >= 0.3 is 0 Å². The van der Waals surface area contributed by atoms with Crippen molar-refractivity contribution in [3.05, 3.63) is 99.8 Å². The van der Waals surface area contributed by atoms with E-state index in [4.69, 9.17) is 4.74 Å². The normalized spacial score (nSPS) is 17.6. The first-order valence-electron chi connectivity index (χ1n) is 10.5. The van der Waals surface area contributed by atoms with Gasteiger partial charge in [-0.25, -0.2) is 0 Å². The maximum absolute atomic E-state index is 13.1. The summed E-state index contributed by atoms with van der Waals surface area (Å²) in [4.78, 5) is 31.8. The van der Waals surface area contributed by atoms with Crippen molar-refractivity contribution in [2.75, 3.05) is 0 Å². The number of halogens is 1. The number of aliphatic hydroxyl groups excluding tert-OH is 1. The summed E-state index contributed by atoms with van der Waals surface area (Å²) in [5.41, 5.74) is 2.01. The monoisotopic (exact) mass is 506 g/mol. The molecule has 0 saturated carbocycles. The fraction of sp³-hybridized carbons (Fsp3) is 0.192. The molecule has 0 bridgehead atoms. The number of Topliss-reactive ketones (excluding diaryl/α,β-unsaturated/α-hetero) is 1. The highest BCUT2D eigenvalue weighted by Crippen LogP contribution is 2.40. The molecule has 1 aliphatic heterocycles. The Balaban J connectivity index is 1.79. The van der Waals surface area contributed by atoms with Crippen LogP contribution < -0.4 is 4.74 Å². The molecule has 2 aromatic carbocycles. The summed E-state index contributed by atoms with van der Waals surface area (Å²) in [7, 11) is 0. The van der Waals surface area contributed by atoms with Crippen LogP contribution in [0.1, 0.15) is 36.6 Å². The number of benzene rings is 2. The van der Waals surface area contributed by atoms with Crippen molar-refractivity contribution in [3.8, 4) is 5.75 Å². The zero-order valence-electron chi connectivity index (χ0n) is 18.2. The van der Waals surface area contributed by atoms with Crippen molar-refractivity contribution in [1.82, 2.24) is 9.88 Å². The minimum atomic E-state index is -0.732. The average Bonchev–Trinajstić information content (AvgIpc) is 3.05. The number of hydrogen-bond donors (Lipinski definition) is 1. The van der Waals surface area contributed by atoms with E-state index in [-0.39, 0.29) is 24.0 Å².